The minimum atomic E-state index is -1.72. The van der Waals surface area contributed by atoms with Crippen LogP contribution in [0.15, 0.2) is 42.5 Å². The first kappa shape index (κ1) is 24.3. The Kier molecular flexibility index (Phi) is 7.12. The summed E-state index contributed by atoms with van der Waals surface area (Å²) in [4.78, 5) is 19.9. The molecule has 1 amide bonds. The molecule has 0 bridgehead atoms. The van der Waals surface area contributed by atoms with Gasteiger partial charge in [-0.3, -0.25) is 14.6 Å². The van der Waals surface area contributed by atoms with Gasteiger partial charge in [0.25, 0.3) is 5.91 Å². The van der Waals surface area contributed by atoms with Crippen molar-refractivity contribution < 1.29 is 9.18 Å². The fraction of sp³-hybridized carbons (Fsp3) is 0.552. The Bertz CT molecular complexity index is 1040. The quantitative estimate of drug-likeness (QED) is 0.665. The van der Waals surface area contributed by atoms with E-state index in [1.807, 2.05) is 24.3 Å². The Hall–Kier alpha value is -2.44. The molecule has 5 nitrogen and oxygen atoms in total. The van der Waals surface area contributed by atoms with Crippen molar-refractivity contribution in [3.63, 3.8) is 0 Å². The molecule has 6 heteroatoms. The van der Waals surface area contributed by atoms with Gasteiger partial charge in [0.05, 0.1) is 0 Å². The van der Waals surface area contributed by atoms with Crippen LogP contribution in [0.1, 0.15) is 54.4 Å². The highest BCUT2D eigenvalue weighted by atomic mass is 19.1. The topological polar surface area (TPSA) is 52.8 Å². The number of aryl methyl sites for hydroxylation is 2. The Labute approximate surface area is 209 Å². The predicted octanol–water partition coefficient (Wildman–Crippen LogP) is 4.32. The van der Waals surface area contributed by atoms with Crippen molar-refractivity contribution in [2.75, 3.05) is 38.5 Å². The number of carbonyl (C=O) groups excluding carboxylic acids is 1. The molecule has 2 aromatic rings. The molecule has 0 saturated carbocycles. The van der Waals surface area contributed by atoms with Crippen LogP contribution in [0.25, 0.3) is 0 Å². The molecule has 3 aliphatic heterocycles. The molecule has 3 heterocycles. The number of hydrogen-bond acceptors (Lipinski definition) is 4. The zero-order valence-corrected chi connectivity index (χ0v) is 21.0. The number of alkyl halides is 1. The molecule has 0 aliphatic carbocycles. The van der Waals surface area contributed by atoms with Crippen molar-refractivity contribution in [1.29, 1.82) is 0 Å². The summed E-state index contributed by atoms with van der Waals surface area (Å²) in [5.41, 5.74) is 10.3. The van der Waals surface area contributed by atoms with Gasteiger partial charge in [0.15, 0.2) is 5.67 Å². The maximum atomic E-state index is 15.8. The van der Waals surface area contributed by atoms with Crippen LogP contribution in [-0.4, -0.2) is 65.0 Å². The number of benzene rings is 2. The minimum Gasteiger partial charge on any atom is -0.399 e. The third-order valence-corrected chi connectivity index (χ3v) is 8.28. The number of fused-ring (bicyclic) bond motifs is 1. The summed E-state index contributed by atoms with van der Waals surface area (Å²) in [7, 11) is 0. The summed E-state index contributed by atoms with van der Waals surface area (Å²) in [6.07, 6.45) is 4.74. The molecule has 0 spiro atoms. The van der Waals surface area contributed by atoms with Gasteiger partial charge in [0.2, 0.25) is 0 Å². The van der Waals surface area contributed by atoms with E-state index in [1.54, 1.807) is 4.90 Å². The molecule has 2 aromatic carbocycles. The molecule has 5 rings (SSSR count). The lowest BCUT2D eigenvalue weighted by Gasteiger charge is -2.42. The molecule has 3 aliphatic rings. The molecule has 35 heavy (non-hydrogen) atoms. The largest absolute Gasteiger partial charge is 0.399 e. The van der Waals surface area contributed by atoms with E-state index >= 15 is 4.39 Å². The lowest BCUT2D eigenvalue weighted by molar-refractivity contribution is -0.149. The lowest BCUT2D eigenvalue weighted by atomic mass is 9.90. The third-order valence-electron chi connectivity index (χ3n) is 8.28. The van der Waals surface area contributed by atoms with Crippen molar-refractivity contribution in [2.24, 2.45) is 0 Å². The molecule has 0 aromatic heterocycles. The summed E-state index contributed by atoms with van der Waals surface area (Å²) in [5.74, 6) is -0.281. The molecule has 0 atom stereocenters. The van der Waals surface area contributed by atoms with Crippen LogP contribution in [0.4, 0.5) is 10.1 Å². The number of carbonyl (C=O) groups is 1. The zero-order valence-electron chi connectivity index (χ0n) is 21.0. The van der Waals surface area contributed by atoms with Crippen LogP contribution in [0.5, 0.6) is 0 Å². The molecule has 0 radical (unpaired) electrons. The van der Waals surface area contributed by atoms with Crippen molar-refractivity contribution in [3.05, 3.63) is 64.7 Å². The van der Waals surface area contributed by atoms with Gasteiger partial charge in [0.1, 0.15) is 0 Å². The summed E-state index contributed by atoms with van der Waals surface area (Å²) in [6, 6.07) is 15.2. The van der Waals surface area contributed by atoms with E-state index in [1.165, 1.54) is 23.1 Å². The van der Waals surface area contributed by atoms with E-state index in [0.717, 1.165) is 50.1 Å². The Morgan fingerprint density at radius 2 is 1.80 bits per heavy atom. The van der Waals surface area contributed by atoms with Gasteiger partial charge in [-0.25, -0.2) is 4.39 Å². The van der Waals surface area contributed by atoms with E-state index in [9.17, 15) is 4.79 Å². The fourth-order valence-corrected chi connectivity index (χ4v) is 6.17. The van der Waals surface area contributed by atoms with Crippen LogP contribution in [0.3, 0.4) is 0 Å². The maximum Gasteiger partial charge on any atom is 0.260 e. The summed E-state index contributed by atoms with van der Waals surface area (Å²) < 4.78 is 15.8. The molecular formula is C29H39FN4O. The van der Waals surface area contributed by atoms with E-state index in [4.69, 9.17) is 5.73 Å². The van der Waals surface area contributed by atoms with E-state index in [0.29, 0.717) is 32.2 Å². The molecule has 2 saturated heterocycles. The average molecular weight is 479 g/mol. The highest BCUT2D eigenvalue weighted by molar-refractivity contribution is 5.85. The molecule has 0 unspecified atom stereocenters. The zero-order chi connectivity index (χ0) is 24.4. The molecule has 2 fully saturated rings. The third kappa shape index (κ3) is 5.54. The molecular weight excluding hydrogens is 439 g/mol. The Morgan fingerprint density at radius 3 is 2.54 bits per heavy atom. The van der Waals surface area contributed by atoms with Gasteiger partial charge < -0.3 is 10.6 Å². The van der Waals surface area contributed by atoms with Crippen molar-refractivity contribution in [3.8, 4) is 0 Å². The van der Waals surface area contributed by atoms with Gasteiger partial charge in [-0.1, -0.05) is 35.9 Å². The van der Waals surface area contributed by atoms with Gasteiger partial charge in [-0.05, 0) is 68.0 Å². The van der Waals surface area contributed by atoms with E-state index in [-0.39, 0.29) is 18.7 Å². The van der Waals surface area contributed by atoms with Crippen molar-refractivity contribution in [1.82, 2.24) is 14.7 Å². The minimum absolute atomic E-state index is 0.274. The van der Waals surface area contributed by atoms with Crippen LogP contribution in [-0.2, 0) is 24.3 Å². The summed E-state index contributed by atoms with van der Waals surface area (Å²) in [5, 5.41) is 0. The highest BCUT2D eigenvalue weighted by Gasteiger charge is 2.45. The van der Waals surface area contributed by atoms with Gasteiger partial charge in [-0.15, -0.1) is 0 Å². The summed E-state index contributed by atoms with van der Waals surface area (Å²) >= 11 is 0. The normalized spacial score (nSPS) is 21.9. The first-order valence-electron chi connectivity index (χ1n) is 13.3. The number of anilines is 1. The smallest absolute Gasteiger partial charge is 0.260 e. The van der Waals surface area contributed by atoms with E-state index < -0.39 is 5.67 Å². The Balaban J connectivity index is 1.13. The number of likely N-dealkylation sites (tertiary alicyclic amines) is 2. The van der Waals surface area contributed by atoms with Crippen LogP contribution in [0, 0.1) is 6.92 Å². The second-order valence-electron chi connectivity index (χ2n) is 10.9. The van der Waals surface area contributed by atoms with Crippen molar-refractivity contribution in [2.45, 2.75) is 70.2 Å². The monoisotopic (exact) mass is 478 g/mol. The number of nitrogen functional groups attached to an aromatic ring is 1. The number of halogens is 1. The predicted molar refractivity (Wildman–Crippen MR) is 139 cm³/mol. The standard InChI is InChI=1S/C29H39FN4O/c1-22-7-8-24-5-3-13-34(21-25(24)18-22)27-9-14-33(15-10-27)28(35)29(30)11-16-32(17-12-29)20-23-4-2-6-26(31)19-23/h2,4,6-8,18-19,27H,3,5,9-17,20-21,31H2,1H3. The summed E-state index contributed by atoms with van der Waals surface area (Å²) in [6.45, 7) is 7.53. The number of nitrogens with two attached hydrogens (primary N) is 1. The van der Waals surface area contributed by atoms with E-state index in [2.05, 4.69) is 34.9 Å². The molecule has 188 valence electrons. The average Bonchev–Trinajstić information content (AvgIpc) is 3.07. The van der Waals surface area contributed by atoms with Gasteiger partial charge >= 0.3 is 0 Å². The lowest BCUT2D eigenvalue weighted by Crippen LogP contribution is -2.55. The molecule has 2 N–H and O–H groups in total. The van der Waals surface area contributed by atoms with Gasteiger partial charge in [-0.2, -0.15) is 0 Å². The van der Waals surface area contributed by atoms with Crippen LogP contribution >= 0.6 is 0 Å². The second kappa shape index (κ2) is 10.3. The van der Waals surface area contributed by atoms with Gasteiger partial charge in [0, 0.05) is 63.8 Å². The highest BCUT2D eigenvalue weighted by Crippen LogP contribution is 2.32. The number of piperidine rings is 2. The van der Waals surface area contributed by atoms with Crippen LogP contribution in [0.2, 0.25) is 0 Å². The first-order valence-corrected chi connectivity index (χ1v) is 13.3. The number of amides is 1. The maximum absolute atomic E-state index is 15.8. The fourth-order valence-electron chi connectivity index (χ4n) is 6.17. The number of hydrogen-bond donors (Lipinski definition) is 1. The number of nitrogens with zero attached hydrogens (tertiary/aromatic N) is 3. The van der Waals surface area contributed by atoms with Crippen LogP contribution < -0.4 is 5.73 Å². The first-order chi connectivity index (χ1) is 16.9. The second-order valence-corrected chi connectivity index (χ2v) is 10.9. The van der Waals surface area contributed by atoms with Crippen molar-refractivity contribution >= 4 is 11.6 Å². The Morgan fingerprint density at radius 1 is 1.03 bits per heavy atom. The SMILES string of the molecule is Cc1ccc2c(c1)CN(C1CCN(C(=O)C3(F)CCN(Cc4cccc(N)c4)CC3)CC1)CCC2. The number of rotatable bonds is 4.